The van der Waals surface area contributed by atoms with E-state index in [-0.39, 0.29) is 0 Å². The van der Waals surface area contributed by atoms with Crippen molar-refractivity contribution in [1.29, 1.82) is 0 Å². The van der Waals surface area contributed by atoms with Gasteiger partial charge in [-0.2, -0.15) is 0 Å². The second-order valence-electron chi connectivity index (χ2n) is 5.37. The Balaban J connectivity index is 1.88. The Hall–Kier alpha value is 0.440. The number of piperidine rings is 1. The average Bonchev–Trinajstić information content (AvgIpc) is 2.34. The third-order valence-electron chi connectivity index (χ3n) is 3.79. The van der Waals surface area contributed by atoms with Crippen LogP contribution in [0.1, 0.15) is 46.0 Å². The van der Waals surface area contributed by atoms with Gasteiger partial charge in [-0.15, -0.1) is 0 Å². The summed E-state index contributed by atoms with van der Waals surface area (Å²) in [7, 11) is 0. The maximum Gasteiger partial charge on any atom is 0.0175 e. The molecule has 2 bridgehead atoms. The third-order valence-corrected chi connectivity index (χ3v) is 4.54. The van der Waals surface area contributed by atoms with Crippen LogP contribution in [0, 0.1) is 5.92 Å². The zero-order valence-corrected chi connectivity index (χ0v) is 11.0. The molecule has 2 aliphatic rings. The molecular formula is C12H22BrN. The number of hydrogen-bond acceptors (Lipinski definition) is 1. The molecule has 2 fully saturated rings. The normalized spacial score (nSPS) is 38.1. The average molecular weight is 260 g/mol. The summed E-state index contributed by atoms with van der Waals surface area (Å²) in [6.45, 7) is 6.00. The highest BCUT2D eigenvalue weighted by atomic mass is 79.9. The topological polar surface area (TPSA) is 3.24 Å². The smallest absolute Gasteiger partial charge is 0.0175 e. The van der Waals surface area contributed by atoms with E-state index in [1.165, 1.54) is 38.6 Å². The van der Waals surface area contributed by atoms with Gasteiger partial charge in [-0.05, 0) is 44.6 Å². The fraction of sp³-hybridized carbons (Fsp3) is 1.00. The minimum absolute atomic E-state index is 0.801. The van der Waals surface area contributed by atoms with E-state index in [1.807, 2.05) is 0 Å². The van der Waals surface area contributed by atoms with Crippen LogP contribution in [0.5, 0.6) is 0 Å². The molecule has 2 aliphatic heterocycles. The van der Waals surface area contributed by atoms with Gasteiger partial charge in [-0.1, -0.05) is 29.8 Å². The van der Waals surface area contributed by atoms with Crippen LogP contribution in [0.15, 0.2) is 0 Å². The van der Waals surface area contributed by atoms with Crippen LogP contribution >= 0.6 is 15.9 Å². The molecule has 2 atom stereocenters. The van der Waals surface area contributed by atoms with Gasteiger partial charge in [0.25, 0.3) is 0 Å². The van der Waals surface area contributed by atoms with E-state index in [0.29, 0.717) is 0 Å². The van der Waals surface area contributed by atoms with Crippen LogP contribution < -0.4 is 0 Å². The fourth-order valence-electron chi connectivity index (χ4n) is 2.98. The van der Waals surface area contributed by atoms with Crippen LogP contribution in [0.4, 0.5) is 0 Å². The van der Waals surface area contributed by atoms with Crippen LogP contribution in [0.25, 0.3) is 0 Å². The molecule has 0 aliphatic carbocycles. The van der Waals surface area contributed by atoms with Crippen molar-refractivity contribution in [1.82, 2.24) is 4.90 Å². The summed E-state index contributed by atoms with van der Waals surface area (Å²) in [6.07, 6.45) is 7.04. The Morgan fingerprint density at radius 3 is 2.29 bits per heavy atom. The first-order valence-corrected chi connectivity index (χ1v) is 6.98. The van der Waals surface area contributed by atoms with Crippen molar-refractivity contribution < 1.29 is 0 Å². The molecule has 1 nitrogen and oxygen atoms in total. The van der Waals surface area contributed by atoms with Crippen LogP contribution in [-0.4, -0.2) is 28.4 Å². The number of halogens is 1. The highest BCUT2D eigenvalue weighted by Gasteiger charge is 2.39. The SMILES string of the molecule is CC(C)CCN1C2CCC1CC(Br)C2. The largest absolute Gasteiger partial charge is 0.297 e. The first-order valence-electron chi connectivity index (χ1n) is 6.06. The minimum Gasteiger partial charge on any atom is -0.297 e. The van der Waals surface area contributed by atoms with Gasteiger partial charge in [-0.3, -0.25) is 4.90 Å². The van der Waals surface area contributed by atoms with E-state index in [1.54, 1.807) is 0 Å². The van der Waals surface area contributed by atoms with E-state index in [9.17, 15) is 0 Å². The van der Waals surface area contributed by atoms with E-state index in [2.05, 4.69) is 34.7 Å². The van der Waals surface area contributed by atoms with Crippen LogP contribution in [-0.2, 0) is 0 Å². The molecule has 0 saturated carbocycles. The lowest BCUT2D eigenvalue weighted by molar-refractivity contribution is 0.138. The highest BCUT2D eigenvalue weighted by Crippen LogP contribution is 2.38. The molecule has 2 heterocycles. The van der Waals surface area contributed by atoms with Crippen molar-refractivity contribution in [2.75, 3.05) is 6.54 Å². The number of rotatable bonds is 3. The molecular weight excluding hydrogens is 238 g/mol. The molecule has 2 saturated heterocycles. The zero-order chi connectivity index (χ0) is 10.1. The van der Waals surface area contributed by atoms with Crippen molar-refractivity contribution >= 4 is 15.9 Å². The Morgan fingerprint density at radius 1 is 1.21 bits per heavy atom. The van der Waals surface area contributed by atoms with Gasteiger partial charge in [0.05, 0.1) is 0 Å². The summed E-state index contributed by atoms with van der Waals surface area (Å²) < 4.78 is 0. The predicted octanol–water partition coefficient (Wildman–Crippen LogP) is 3.42. The summed E-state index contributed by atoms with van der Waals surface area (Å²) in [5.74, 6) is 0.857. The molecule has 82 valence electrons. The van der Waals surface area contributed by atoms with Crippen molar-refractivity contribution in [3.05, 3.63) is 0 Å². The predicted molar refractivity (Wildman–Crippen MR) is 64.9 cm³/mol. The number of fused-ring (bicyclic) bond motifs is 2. The molecule has 2 unspecified atom stereocenters. The summed E-state index contributed by atoms with van der Waals surface area (Å²) in [5.41, 5.74) is 0. The molecule has 0 spiro atoms. The third kappa shape index (κ3) is 2.33. The maximum absolute atomic E-state index is 3.79. The number of hydrogen-bond donors (Lipinski definition) is 0. The molecule has 2 heteroatoms. The van der Waals surface area contributed by atoms with Crippen LogP contribution in [0.2, 0.25) is 0 Å². The van der Waals surface area contributed by atoms with Gasteiger partial charge in [-0.25, -0.2) is 0 Å². The maximum atomic E-state index is 3.79. The fourth-order valence-corrected chi connectivity index (χ4v) is 3.84. The van der Waals surface area contributed by atoms with Gasteiger partial charge in [0.2, 0.25) is 0 Å². The second kappa shape index (κ2) is 4.52. The van der Waals surface area contributed by atoms with Gasteiger partial charge in [0.15, 0.2) is 0 Å². The first-order chi connectivity index (χ1) is 6.66. The Labute approximate surface area is 96.4 Å². The molecule has 0 aromatic rings. The highest BCUT2D eigenvalue weighted by molar-refractivity contribution is 9.09. The first kappa shape index (κ1) is 10.9. The van der Waals surface area contributed by atoms with Crippen molar-refractivity contribution in [3.8, 4) is 0 Å². The summed E-state index contributed by atoms with van der Waals surface area (Å²) in [4.78, 5) is 3.59. The lowest BCUT2D eigenvalue weighted by Crippen LogP contribution is -2.43. The molecule has 0 aromatic carbocycles. The Bertz CT molecular complexity index is 179. The van der Waals surface area contributed by atoms with Crippen molar-refractivity contribution in [2.24, 2.45) is 5.92 Å². The van der Waals surface area contributed by atoms with Gasteiger partial charge in [0, 0.05) is 16.9 Å². The Kier molecular flexibility index (Phi) is 3.54. The lowest BCUT2D eigenvalue weighted by Gasteiger charge is -2.37. The summed E-state index contributed by atoms with van der Waals surface area (Å²) in [5, 5.41) is 0. The van der Waals surface area contributed by atoms with Crippen LogP contribution in [0.3, 0.4) is 0 Å². The second-order valence-corrected chi connectivity index (χ2v) is 6.67. The Morgan fingerprint density at radius 2 is 1.79 bits per heavy atom. The molecule has 0 radical (unpaired) electrons. The number of nitrogens with zero attached hydrogens (tertiary/aromatic N) is 1. The minimum atomic E-state index is 0.801. The monoisotopic (exact) mass is 259 g/mol. The summed E-state index contributed by atoms with van der Waals surface area (Å²) in [6, 6.07) is 1.80. The molecule has 0 aromatic heterocycles. The molecule has 2 rings (SSSR count). The van der Waals surface area contributed by atoms with Crippen molar-refractivity contribution in [2.45, 2.75) is 62.9 Å². The molecule has 0 N–H and O–H groups in total. The van der Waals surface area contributed by atoms with Crippen molar-refractivity contribution in [3.63, 3.8) is 0 Å². The number of alkyl halides is 1. The molecule has 0 amide bonds. The van der Waals surface area contributed by atoms with Gasteiger partial charge < -0.3 is 0 Å². The summed E-state index contributed by atoms with van der Waals surface area (Å²) >= 11 is 3.79. The van der Waals surface area contributed by atoms with E-state index >= 15 is 0 Å². The van der Waals surface area contributed by atoms with E-state index < -0.39 is 0 Å². The van der Waals surface area contributed by atoms with E-state index in [0.717, 1.165) is 22.8 Å². The van der Waals surface area contributed by atoms with Gasteiger partial charge >= 0.3 is 0 Å². The lowest BCUT2D eigenvalue weighted by atomic mass is 10.0. The zero-order valence-electron chi connectivity index (χ0n) is 9.38. The standard InChI is InChI=1S/C12H22BrN/c1-9(2)5-6-14-11-3-4-12(14)8-10(13)7-11/h9-12H,3-8H2,1-2H3. The molecule has 14 heavy (non-hydrogen) atoms. The van der Waals surface area contributed by atoms with Gasteiger partial charge in [0.1, 0.15) is 0 Å². The quantitative estimate of drug-likeness (QED) is 0.703. The van der Waals surface area contributed by atoms with E-state index in [4.69, 9.17) is 0 Å².